The molecule has 2 N–H and O–H groups in total. The predicted octanol–water partition coefficient (Wildman–Crippen LogP) is 4.87. The van der Waals surface area contributed by atoms with Gasteiger partial charge >= 0.3 is 0 Å². The molecule has 1 aromatic carbocycles. The highest BCUT2D eigenvalue weighted by Crippen LogP contribution is 2.30. The third-order valence-electron chi connectivity index (χ3n) is 6.07. The highest BCUT2D eigenvalue weighted by molar-refractivity contribution is 5.92. The van der Waals surface area contributed by atoms with Crippen LogP contribution in [0.2, 0.25) is 0 Å². The summed E-state index contributed by atoms with van der Waals surface area (Å²) >= 11 is 0. The number of imidazole rings is 1. The van der Waals surface area contributed by atoms with Gasteiger partial charge in [0.2, 0.25) is 5.95 Å². The van der Waals surface area contributed by atoms with E-state index in [-0.39, 0.29) is 40.4 Å². The van der Waals surface area contributed by atoms with Crippen LogP contribution in [0.15, 0.2) is 36.5 Å². The van der Waals surface area contributed by atoms with E-state index in [1.807, 2.05) is 32.3 Å². The Hall–Kier alpha value is -3.99. The fourth-order valence-corrected chi connectivity index (χ4v) is 4.46. The van der Waals surface area contributed by atoms with E-state index in [1.165, 1.54) is 6.07 Å². The molecule has 5 rings (SSSR count). The number of benzene rings is 1. The largest absolute Gasteiger partial charge is 0.335 e. The van der Waals surface area contributed by atoms with Crippen LogP contribution in [0.5, 0.6) is 0 Å². The van der Waals surface area contributed by atoms with Gasteiger partial charge in [-0.05, 0) is 45.0 Å². The molecule has 3 aromatic heterocycles. The monoisotopic (exact) mass is 522 g/mol. The number of halogens is 2. The lowest BCUT2D eigenvalue weighted by Gasteiger charge is -2.27. The number of anilines is 2. The minimum atomic E-state index is -0.692. The van der Waals surface area contributed by atoms with Gasteiger partial charge < -0.3 is 20.1 Å². The molecule has 4 aromatic rings. The van der Waals surface area contributed by atoms with Crippen LogP contribution in [0.1, 0.15) is 50.0 Å². The van der Waals surface area contributed by atoms with Crippen LogP contribution < -0.4 is 10.6 Å². The van der Waals surface area contributed by atoms with Gasteiger partial charge in [0, 0.05) is 37.8 Å². The molecule has 1 aliphatic heterocycles. The van der Waals surface area contributed by atoms with E-state index in [2.05, 4.69) is 30.6 Å². The summed E-state index contributed by atoms with van der Waals surface area (Å²) in [6.07, 6.45) is 1.02. The average molecular weight is 523 g/mol. The van der Waals surface area contributed by atoms with Crippen LogP contribution in [0, 0.1) is 18.6 Å². The third-order valence-corrected chi connectivity index (χ3v) is 6.07. The van der Waals surface area contributed by atoms with Gasteiger partial charge in [0.1, 0.15) is 28.5 Å². The number of hydrogen-bond acceptors (Lipinski definition) is 7. The fourth-order valence-electron chi connectivity index (χ4n) is 4.46. The highest BCUT2D eigenvalue weighted by atomic mass is 19.1. The molecular formula is C27H32F2N8O. The molecular weight excluding hydrogens is 490 g/mol. The molecule has 0 aliphatic carbocycles. The molecule has 0 unspecified atom stereocenters. The predicted molar refractivity (Wildman–Crippen MR) is 143 cm³/mol. The minimum absolute atomic E-state index is 0.0411. The molecule has 9 nitrogen and oxygen atoms in total. The van der Waals surface area contributed by atoms with Gasteiger partial charge in [-0.3, -0.25) is 4.79 Å². The van der Waals surface area contributed by atoms with Crippen molar-refractivity contribution in [2.24, 2.45) is 0 Å². The zero-order chi connectivity index (χ0) is 27.4. The van der Waals surface area contributed by atoms with Crippen LogP contribution in [-0.2, 0) is 0 Å². The fraction of sp³-hybridized carbons (Fsp3) is 0.370. The maximum absolute atomic E-state index is 14.9. The summed E-state index contributed by atoms with van der Waals surface area (Å²) in [6.45, 7) is 12.4. The van der Waals surface area contributed by atoms with Crippen LogP contribution in [-0.4, -0.2) is 61.5 Å². The Balaban J connectivity index is 0.00000164. The lowest BCUT2D eigenvalue weighted by Crippen LogP contribution is -2.46. The maximum atomic E-state index is 14.9. The Kier molecular flexibility index (Phi) is 8.26. The molecule has 1 amide bonds. The summed E-state index contributed by atoms with van der Waals surface area (Å²) < 4.78 is 31.6. The molecule has 1 fully saturated rings. The number of amides is 1. The van der Waals surface area contributed by atoms with Gasteiger partial charge in [-0.25, -0.2) is 28.7 Å². The van der Waals surface area contributed by atoms with Gasteiger partial charge in [0.25, 0.3) is 5.91 Å². The van der Waals surface area contributed by atoms with Crippen molar-refractivity contribution in [3.05, 3.63) is 59.7 Å². The molecule has 0 spiro atoms. The molecule has 11 heteroatoms. The third kappa shape index (κ3) is 5.47. The summed E-state index contributed by atoms with van der Waals surface area (Å²) in [5.74, 6) is -0.339. The lowest BCUT2D eigenvalue weighted by molar-refractivity contribution is 0.0730. The lowest BCUT2D eigenvalue weighted by atomic mass is 10.1. The van der Waals surface area contributed by atoms with Crippen LogP contribution >= 0.6 is 0 Å². The van der Waals surface area contributed by atoms with Gasteiger partial charge in [-0.2, -0.15) is 0 Å². The first-order valence-corrected chi connectivity index (χ1v) is 12.8. The highest BCUT2D eigenvalue weighted by Gasteiger charge is 2.20. The smallest absolute Gasteiger partial charge is 0.272 e. The number of fused-ring (bicyclic) bond motifs is 1. The minimum Gasteiger partial charge on any atom is -0.335 e. The van der Waals surface area contributed by atoms with E-state index in [4.69, 9.17) is 0 Å². The van der Waals surface area contributed by atoms with Gasteiger partial charge in [0.15, 0.2) is 11.6 Å². The number of rotatable bonds is 5. The number of carbonyl (C=O) groups is 1. The molecule has 38 heavy (non-hydrogen) atoms. The second-order valence-corrected chi connectivity index (χ2v) is 8.91. The molecule has 1 aliphatic rings. The first-order valence-electron chi connectivity index (χ1n) is 12.8. The molecule has 0 atom stereocenters. The van der Waals surface area contributed by atoms with Gasteiger partial charge in [-0.15, -0.1) is 0 Å². The molecule has 0 bridgehead atoms. The SMILES string of the molecule is CC.Cc1nc2c(F)cc(-c3nc(Nc4cccc(C(=O)N5CCNCC5)n4)ncc3F)cc2n1C(C)C. The number of aryl methyl sites for hydroxylation is 1. The number of carbonyl (C=O) groups excluding carboxylic acids is 1. The number of hydrogen-bond donors (Lipinski definition) is 2. The number of pyridine rings is 1. The molecule has 1 saturated heterocycles. The topological polar surface area (TPSA) is 101 Å². The summed E-state index contributed by atoms with van der Waals surface area (Å²) in [5.41, 5.74) is 1.28. The van der Waals surface area contributed by atoms with Crippen LogP contribution in [0.3, 0.4) is 0 Å². The second-order valence-electron chi connectivity index (χ2n) is 8.91. The number of nitrogens with zero attached hydrogens (tertiary/aromatic N) is 6. The second kappa shape index (κ2) is 11.6. The van der Waals surface area contributed by atoms with E-state index >= 15 is 0 Å². The van der Waals surface area contributed by atoms with Gasteiger partial charge in [-0.1, -0.05) is 19.9 Å². The van der Waals surface area contributed by atoms with E-state index in [9.17, 15) is 13.6 Å². The zero-order valence-corrected chi connectivity index (χ0v) is 22.2. The first kappa shape index (κ1) is 27.1. The van der Waals surface area contributed by atoms with E-state index < -0.39 is 11.6 Å². The Morgan fingerprint density at radius 2 is 1.79 bits per heavy atom. The standard InChI is InChI=1S/C25H26F2N8O.C2H6/c1-14(2)35-15(3)30-23-17(26)11-16(12-20(23)35)22-18(27)13-29-25(33-22)32-21-6-4-5-19(31-21)24(36)34-9-7-28-8-10-34;1-2/h4-6,11-14,28H,7-10H2,1-3H3,(H,29,31,32,33);1-2H3. The van der Waals surface area contributed by atoms with E-state index in [1.54, 1.807) is 36.1 Å². The zero-order valence-electron chi connectivity index (χ0n) is 22.2. The summed E-state index contributed by atoms with van der Waals surface area (Å²) in [7, 11) is 0. The normalized spacial score (nSPS) is 13.4. The van der Waals surface area contributed by atoms with Crippen molar-refractivity contribution < 1.29 is 13.6 Å². The number of piperazine rings is 1. The van der Waals surface area contributed by atoms with Crippen molar-refractivity contribution in [1.29, 1.82) is 0 Å². The summed E-state index contributed by atoms with van der Waals surface area (Å²) in [6, 6.07) is 7.95. The van der Waals surface area contributed by atoms with Crippen molar-refractivity contribution in [2.45, 2.75) is 40.7 Å². The van der Waals surface area contributed by atoms with Crippen molar-refractivity contribution in [3.63, 3.8) is 0 Å². The molecule has 0 saturated carbocycles. The number of nitrogens with one attached hydrogen (secondary N) is 2. The Morgan fingerprint density at radius 3 is 2.50 bits per heavy atom. The van der Waals surface area contributed by atoms with Crippen molar-refractivity contribution in [2.75, 3.05) is 31.5 Å². The van der Waals surface area contributed by atoms with Crippen molar-refractivity contribution in [3.8, 4) is 11.3 Å². The maximum Gasteiger partial charge on any atom is 0.272 e. The average Bonchev–Trinajstić information content (AvgIpc) is 3.27. The van der Waals surface area contributed by atoms with E-state index in [0.29, 0.717) is 30.2 Å². The quantitative estimate of drug-likeness (QED) is 0.386. The Morgan fingerprint density at radius 1 is 1.05 bits per heavy atom. The Bertz CT molecular complexity index is 1450. The summed E-state index contributed by atoms with van der Waals surface area (Å²) in [4.78, 5) is 31.5. The van der Waals surface area contributed by atoms with Crippen LogP contribution in [0.4, 0.5) is 20.5 Å². The summed E-state index contributed by atoms with van der Waals surface area (Å²) in [5, 5.41) is 6.14. The Labute approximate surface area is 220 Å². The van der Waals surface area contributed by atoms with E-state index in [0.717, 1.165) is 19.3 Å². The molecule has 4 heterocycles. The number of aromatic nitrogens is 5. The van der Waals surface area contributed by atoms with Crippen molar-refractivity contribution in [1.82, 2.24) is 34.7 Å². The van der Waals surface area contributed by atoms with Gasteiger partial charge in [0.05, 0.1) is 11.7 Å². The first-order chi connectivity index (χ1) is 18.3. The molecule has 200 valence electrons. The van der Waals surface area contributed by atoms with Crippen LogP contribution in [0.25, 0.3) is 22.3 Å². The van der Waals surface area contributed by atoms with Crippen molar-refractivity contribution >= 4 is 28.7 Å². The molecule has 0 radical (unpaired) electrons.